The fourth-order valence-electron chi connectivity index (χ4n) is 2.08. The molecular weight excluding hydrogens is 281 g/mol. The van der Waals surface area contributed by atoms with Gasteiger partial charge in [0.05, 0.1) is 12.1 Å². The molecule has 2 aromatic heterocycles. The number of ether oxygens (including phenoxy) is 1. The molecule has 0 aliphatic carbocycles. The van der Waals surface area contributed by atoms with E-state index in [0.717, 1.165) is 0 Å². The van der Waals surface area contributed by atoms with Crippen molar-refractivity contribution in [3.8, 4) is 17.0 Å². The van der Waals surface area contributed by atoms with Crippen molar-refractivity contribution in [2.24, 2.45) is 0 Å². The average Bonchev–Trinajstić information content (AvgIpc) is 2.79. The summed E-state index contributed by atoms with van der Waals surface area (Å²) >= 11 is 5.68. The second-order valence-electron chi connectivity index (χ2n) is 4.24. The minimum Gasteiger partial charge on any atom is -0.493 e. The van der Waals surface area contributed by atoms with Gasteiger partial charge in [-0.1, -0.05) is 17.7 Å². The van der Waals surface area contributed by atoms with Gasteiger partial charge < -0.3 is 10.5 Å². The number of hydrogen-bond acceptors (Lipinski definition) is 3. The molecule has 0 atom stereocenters. The van der Waals surface area contributed by atoms with E-state index < -0.39 is 5.82 Å². The summed E-state index contributed by atoms with van der Waals surface area (Å²) in [5.74, 6) is 0.507. The van der Waals surface area contributed by atoms with Gasteiger partial charge in [0.15, 0.2) is 11.4 Å². The number of imidazole rings is 1. The zero-order valence-electron chi connectivity index (χ0n) is 10.6. The third-order valence-corrected chi connectivity index (χ3v) is 3.37. The van der Waals surface area contributed by atoms with Gasteiger partial charge in [-0.15, -0.1) is 0 Å². The molecule has 0 aliphatic rings. The SMILES string of the molecule is COc1cccn2c(N)c(-c3ccc(Cl)c(F)c3)nc12. The summed E-state index contributed by atoms with van der Waals surface area (Å²) in [7, 11) is 1.56. The van der Waals surface area contributed by atoms with E-state index >= 15 is 0 Å². The van der Waals surface area contributed by atoms with Crippen LogP contribution in [0.5, 0.6) is 5.75 Å². The van der Waals surface area contributed by atoms with Crippen LogP contribution in [-0.4, -0.2) is 16.5 Å². The van der Waals surface area contributed by atoms with Gasteiger partial charge in [0.1, 0.15) is 17.3 Å². The van der Waals surface area contributed by atoms with E-state index in [0.29, 0.717) is 28.5 Å². The molecule has 102 valence electrons. The lowest BCUT2D eigenvalue weighted by atomic mass is 10.1. The number of methoxy groups -OCH3 is 1. The monoisotopic (exact) mass is 291 g/mol. The second kappa shape index (κ2) is 4.68. The molecule has 0 spiro atoms. The number of nitrogens with two attached hydrogens (primary N) is 1. The molecule has 0 unspecified atom stereocenters. The molecule has 0 aliphatic heterocycles. The maximum atomic E-state index is 13.6. The lowest BCUT2D eigenvalue weighted by molar-refractivity contribution is 0.417. The molecule has 2 N–H and O–H groups in total. The number of hydrogen-bond donors (Lipinski definition) is 1. The molecule has 0 amide bonds. The minimum absolute atomic E-state index is 0.0636. The molecule has 2 heterocycles. The first-order chi connectivity index (χ1) is 9.61. The highest BCUT2D eigenvalue weighted by Gasteiger charge is 2.15. The van der Waals surface area contributed by atoms with Crippen molar-refractivity contribution in [2.75, 3.05) is 12.8 Å². The number of halogens is 2. The van der Waals surface area contributed by atoms with Crippen molar-refractivity contribution in [2.45, 2.75) is 0 Å². The smallest absolute Gasteiger partial charge is 0.181 e. The van der Waals surface area contributed by atoms with Crippen molar-refractivity contribution in [3.05, 3.63) is 47.4 Å². The summed E-state index contributed by atoms with van der Waals surface area (Å²) in [6.45, 7) is 0. The van der Waals surface area contributed by atoms with E-state index in [9.17, 15) is 4.39 Å². The predicted molar refractivity (Wildman–Crippen MR) is 76.6 cm³/mol. The minimum atomic E-state index is -0.507. The van der Waals surface area contributed by atoms with Crippen molar-refractivity contribution < 1.29 is 9.13 Å². The lowest BCUT2D eigenvalue weighted by Gasteiger charge is -2.01. The Labute approximate surface area is 119 Å². The maximum Gasteiger partial charge on any atom is 0.181 e. The molecular formula is C14H11ClFN3O. The van der Waals surface area contributed by atoms with Crippen LogP contribution in [0.1, 0.15) is 0 Å². The number of aromatic nitrogens is 2. The van der Waals surface area contributed by atoms with Gasteiger partial charge in [0.2, 0.25) is 0 Å². The number of anilines is 1. The topological polar surface area (TPSA) is 52.5 Å². The molecule has 20 heavy (non-hydrogen) atoms. The van der Waals surface area contributed by atoms with Crippen LogP contribution in [0.15, 0.2) is 36.5 Å². The predicted octanol–water partition coefficient (Wildman–Crippen LogP) is 3.38. The van der Waals surface area contributed by atoms with Gasteiger partial charge in [-0.25, -0.2) is 9.37 Å². The summed E-state index contributed by atoms with van der Waals surface area (Å²) in [5.41, 5.74) is 7.71. The molecule has 4 nitrogen and oxygen atoms in total. The Morgan fingerprint density at radius 1 is 1.35 bits per heavy atom. The van der Waals surface area contributed by atoms with E-state index in [2.05, 4.69) is 4.98 Å². The summed E-state index contributed by atoms with van der Waals surface area (Å²) in [6, 6.07) is 8.06. The van der Waals surface area contributed by atoms with E-state index in [1.165, 1.54) is 12.1 Å². The standard InChI is InChI=1S/C14H11ClFN3O/c1-20-11-3-2-6-19-13(17)12(18-14(11)19)8-4-5-9(15)10(16)7-8/h2-7H,17H2,1H3. The fraction of sp³-hybridized carbons (Fsp3) is 0.0714. The largest absolute Gasteiger partial charge is 0.493 e. The Morgan fingerprint density at radius 2 is 2.15 bits per heavy atom. The van der Waals surface area contributed by atoms with Gasteiger partial charge >= 0.3 is 0 Å². The van der Waals surface area contributed by atoms with Crippen molar-refractivity contribution in [3.63, 3.8) is 0 Å². The van der Waals surface area contributed by atoms with Crippen LogP contribution < -0.4 is 10.5 Å². The van der Waals surface area contributed by atoms with Gasteiger partial charge in [0, 0.05) is 11.8 Å². The first-order valence-electron chi connectivity index (χ1n) is 5.88. The lowest BCUT2D eigenvalue weighted by Crippen LogP contribution is -1.95. The fourth-order valence-corrected chi connectivity index (χ4v) is 2.19. The molecule has 0 radical (unpaired) electrons. The number of nitrogen functional groups attached to an aromatic ring is 1. The highest BCUT2D eigenvalue weighted by atomic mass is 35.5. The average molecular weight is 292 g/mol. The van der Waals surface area contributed by atoms with Crippen LogP contribution in [0.25, 0.3) is 16.9 Å². The Kier molecular flexibility index (Phi) is 2.99. The van der Waals surface area contributed by atoms with Gasteiger partial charge in [-0.3, -0.25) is 4.40 Å². The first kappa shape index (κ1) is 12.7. The zero-order valence-corrected chi connectivity index (χ0v) is 11.4. The van der Waals surface area contributed by atoms with Gasteiger partial charge in [0.25, 0.3) is 0 Å². The third kappa shape index (κ3) is 1.87. The van der Waals surface area contributed by atoms with Crippen LogP contribution in [-0.2, 0) is 0 Å². The van der Waals surface area contributed by atoms with Crippen LogP contribution in [0, 0.1) is 5.82 Å². The Bertz CT molecular complexity index is 800. The van der Waals surface area contributed by atoms with E-state index in [-0.39, 0.29) is 5.02 Å². The highest BCUT2D eigenvalue weighted by molar-refractivity contribution is 6.30. The van der Waals surface area contributed by atoms with Crippen molar-refractivity contribution in [1.82, 2.24) is 9.38 Å². The number of nitrogens with zero attached hydrogens (tertiary/aromatic N) is 2. The highest BCUT2D eigenvalue weighted by Crippen LogP contribution is 2.31. The zero-order chi connectivity index (χ0) is 14.3. The van der Waals surface area contributed by atoms with Gasteiger partial charge in [-0.2, -0.15) is 0 Å². The van der Waals surface area contributed by atoms with Crippen LogP contribution in [0.3, 0.4) is 0 Å². The van der Waals surface area contributed by atoms with Crippen molar-refractivity contribution in [1.29, 1.82) is 0 Å². The molecule has 1 aromatic carbocycles. The van der Waals surface area contributed by atoms with E-state index in [1.54, 1.807) is 35.9 Å². The Morgan fingerprint density at radius 3 is 2.85 bits per heavy atom. The van der Waals surface area contributed by atoms with Crippen molar-refractivity contribution >= 4 is 23.1 Å². The Balaban J connectivity index is 2.26. The summed E-state index contributed by atoms with van der Waals surface area (Å²) in [5, 5.41) is 0.0636. The molecule has 3 rings (SSSR count). The number of pyridine rings is 1. The summed E-state index contributed by atoms with van der Waals surface area (Å²) < 4.78 is 20.5. The number of rotatable bonds is 2. The maximum absolute atomic E-state index is 13.6. The molecule has 3 aromatic rings. The molecule has 0 bridgehead atoms. The quantitative estimate of drug-likeness (QED) is 0.787. The molecule has 0 fully saturated rings. The van der Waals surface area contributed by atoms with Gasteiger partial charge in [-0.05, 0) is 24.3 Å². The van der Waals surface area contributed by atoms with E-state index in [4.69, 9.17) is 22.1 Å². The number of benzene rings is 1. The Hall–Kier alpha value is -2.27. The normalized spacial score (nSPS) is 10.9. The summed E-state index contributed by atoms with van der Waals surface area (Å²) in [4.78, 5) is 4.43. The number of fused-ring (bicyclic) bond motifs is 1. The third-order valence-electron chi connectivity index (χ3n) is 3.06. The van der Waals surface area contributed by atoms with Crippen LogP contribution in [0.2, 0.25) is 5.02 Å². The molecule has 0 saturated carbocycles. The molecule has 6 heteroatoms. The van der Waals surface area contributed by atoms with Crippen LogP contribution in [0.4, 0.5) is 10.2 Å². The second-order valence-corrected chi connectivity index (χ2v) is 4.65. The first-order valence-corrected chi connectivity index (χ1v) is 6.25. The van der Waals surface area contributed by atoms with E-state index in [1.807, 2.05) is 0 Å². The summed E-state index contributed by atoms with van der Waals surface area (Å²) in [6.07, 6.45) is 1.77. The molecule has 0 saturated heterocycles. The van der Waals surface area contributed by atoms with Crippen LogP contribution >= 0.6 is 11.6 Å².